The largest absolute Gasteiger partial charge is 0.478 e. The van der Waals surface area contributed by atoms with Crippen molar-refractivity contribution in [3.05, 3.63) is 41.5 Å². The quantitative estimate of drug-likeness (QED) is 0.827. The molecule has 0 aliphatic carbocycles. The van der Waals surface area contributed by atoms with E-state index in [1.54, 1.807) is 0 Å². The Kier molecular flexibility index (Phi) is 3.05. The van der Waals surface area contributed by atoms with Crippen LogP contribution in [0.15, 0.2) is 35.9 Å². The molecule has 0 saturated carbocycles. The van der Waals surface area contributed by atoms with Crippen molar-refractivity contribution in [2.45, 2.75) is 44.7 Å². The third kappa shape index (κ3) is 2.37. The van der Waals surface area contributed by atoms with E-state index in [0.717, 1.165) is 18.4 Å². The second kappa shape index (κ2) is 4.72. The van der Waals surface area contributed by atoms with Crippen LogP contribution >= 0.6 is 0 Å². The summed E-state index contributed by atoms with van der Waals surface area (Å²) in [6, 6.07) is 9.63. The number of rotatable bonds is 2. The number of aryl methyl sites for hydroxylation is 1. The molecule has 3 heteroatoms. The van der Waals surface area contributed by atoms with Gasteiger partial charge in [0.25, 0.3) is 0 Å². The van der Waals surface area contributed by atoms with Crippen molar-refractivity contribution in [2.75, 3.05) is 4.90 Å². The minimum Gasteiger partial charge on any atom is -0.478 e. The summed E-state index contributed by atoms with van der Waals surface area (Å²) < 4.78 is 0. The topological polar surface area (TPSA) is 40.5 Å². The molecule has 3 nitrogen and oxygen atoms in total. The molecule has 0 aromatic heterocycles. The molecule has 2 aliphatic rings. The van der Waals surface area contributed by atoms with Crippen molar-refractivity contribution in [2.24, 2.45) is 0 Å². The first-order valence-electron chi connectivity index (χ1n) is 6.91. The average Bonchev–Trinajstić information content (AvgIpc) is 2.62. The molecule has 100 valence electrons. The summed E-state index contributed by atoms with van der Waals surface area (Å²) in [6.45, 7) is 2.10. The van der Waals surface area contributed by atoms with Crippen LogP contribution in [-0.2, 0) is 4.79 Å². The SMILES string of the molecule is Cc1ccc(N2C3CCC2CC(=CC(=O)O)C3)cc1. The molecule has 2 unspecified atom stereocenters. The Morgan fingerprint density at radius 2 is 1.79 bits per heavy atom. The van der Waals surface area contributed by atoms with E-state index in [1.807, 2.05) is 0 Å². The number of nitrogens with zero attached hydrogens (tertiary/aromatic N) is 1. The van der Waals surface area contributed by atoms with Crippen molar-refractivity contribution in [3.8, 4) is 0 Å². The smallest absolute Gasteiger partial charge is 0.328 e. The second-order valence-electron chi connectivity index (χ2n) is 5.68. The lowest BCUT2D eigenvalue weighted by atomic mass is 9.95. The first kappa shape index (κ1) is 12.3. The van der Waals surface area contributed by atoms with Crippen molar-refractivity contribution in [1.82, 2.24) is 0 Å². The van der Waals surface area contributed by atoms with Gasteiger partial charge in [-0.05, 0) is 44.7 Å². The fraction of sp³-hybridized carbons (Fsp3) is 0.438. The highest BCUT2D eigenvalue weighted by Crippen LogP contribution is 2.41. The fourth-order valence-electron chi connectivity index (χ4n) is 3.48. The summed E-state index contributed by atoms with van der Waals surface area (Å²) in [5, 5.41) is 8.88. The summed E-state index contributed by atoms with van der Waals surface area (Å²) in [6.07, 6.45) is 5.57. The molecule has 2 bridgehead atoms. The van der Waals surface area contributed by atoms with Gasteiger partial charge in [-0.2, -0.15) is 0 Å². The maximum absolute atomic E-state index is 10.8. The highest BCUT2D eigenvalue weighted by atomic mass is 16.4. The van der Waals surface area contributed by atoms with Gasteiger partial charge in [-0.3, -0.25) is 0 Å². The second-order valence-corrected chi connectivity index (χ2v) is 5.68. The van der Waals surface area contributed by atoms with Gasteiger partial charge in [0, 0.05) is 23.8 Å². The zero-order valence-corrected chi connectivity index (χ0v) is 11.2. The van der Waals surface area contributed by atoms with Gasteiger partial charge in [0.2, 0.25) is 0 Å². The predicted octanol–water partition coefficient (Wildman–Crippen LogP) is 3.14. The Balaban J connectivity index is 1.83. The number of carbonyl (C=O) groups is 1. The predicted molar refractivity (Wildman–Crippen MR) is 75.4 cm³/mol. The number of carboxylic acid groups (broad SMARTS) is 1. The molecule has 2 heterocycles. The molecule has 2 atom stereocenters. The van der Waals surface area contributed by atoms with Crippen molar-refractivity contribution < 1.29 is 9.90 Å². The molecule has 2 fully saturated rings. The first-order valence-corrected chi connectivity index (χ1v) is 6.91. The molecular weight excluding hydrogens is 238 g/mol. The van der Waals surface area contributed by atoms with E-state index in [1.165, 1.54) is 30.2 Å². The lowest BCUT2D eigenvalue weighted by Crippen LogP contribution is -2.40. The molecule has 19 heavy (non-hydrogen) atoms. The molecule has 2 saturated heterocycles. The van der Waals surface area contributed by atoms with Crippen LogP contribution in [-0.4, -0.2) is 23.2 Å². The zero-order chi connectivity index (χ0) is 13.4. The number of hydrogen-bond donors (Lipinski definition) is 1. The van der Waals surface area contributed by atoms with Crippen LogP contribution < -0.4 is 4.90 Å². The maximum atomic E-state index is 10.8. The lowest BCUT2D eigenvalue weighted by Gasteiger charge is -2.38. The van der Waals surface area contributed by atoms with Gasteiger partial charge in [-0.1, -0.05) is 23.3 Å². The van der Waals surface area contributed by atoms with E-state index in [4.69, 9.17) is 5.11 Å². The molecule has 0 spiro atoms. The molecule has 1 N–H and O–H groups in total. The zero-order valence-electron chi connectivity index (χ0n) is 11.2. The number of aliphatic carboxylic acids is 1. The molecule has 3 rings (SSSR count). The average molecular weight is 257 g/mol. The Labute approximate surface area is 113 Å². The van der Waals surface area contributed by atoms with Gasteiger partial charge in [0.05, 0.1) is 0 Å². The normalized spacial score (nSPS) is 25.5. The standard InChI is InChI=1S/C16H19NO2/c1-11-2-4-13(5-3-11)17-14-6-7-15(17)9-12(8-14)10-16(18)19/h2-5,10,14-15H,6-9H2,1H3,(H,18,19). The number of piperidine rings is 1. The van der Waals surface area contributed by atoms with Crippen LogP contribution in [0.4, 0.5) is 5.69 Å². The van der Waals surface area contributed by atoms with Crippen LogP contribution in [0.25, 0.3) is 0 Å². The van der Waals surface area contributed by atoms with Crippen LogP contribution in [0.1, 0.15) is 31.2 Å². The van der Waals surface area contributed by atoms with E-state index in [0.29, 0.717) is 12.1 Å². The van der Waals surface area contributed by atoms with Crippen LogP contribution in [0.5, 0.6) is 0 Å². The number of benzene rings is 1. The molecule has 0 radical (unpaired) electrons. The summed E-state index contributed by atoms with van der Waals surface area (Å²) >= 11 is 0. The summed E-state index contributed by atoms with van der Waals surface area (Å²) in [5.74, 6) is -0.807. The van der Waals surface area contributed by atoms with Crippen molar-refractivity contribution in [1.29, 1.82) is 0 Å². The van der Waals surface area contributed by atoms with Crippen LogP contribution in [0.2, 0.25) is 0 Å². The molecule has 1 aromatic carbocycles. The highest BCUT2D eigenvalue weighted by molar-refractivity contribution is 5.80. The van der Waals surface area contributed by atoms with E-state index in [2.05, 4.69) is 36.1 Å². The highest BCUT2D eigenvalue weighted by Gasteiger charge is 2.38. The summed E-state index contributed by atoms with van der Waals surface area (Å²) in [7, 11) is 0. The minimum absolute atomic E-state index is 0.479. The van der Waals surface area contributed by atoms with E-state index in [-0.39, 0.29) is 0 Å². The van der Waals surface area contributed by atoms with Crippen LogP contribution in [0, 0.1) is 6.92 Å². The van der Waals surface area contributed by atoms with E-state index >= 15 is 0 Å². The third-order valence-corrected chi connectivity index (χ3v) is 4.28. The number of fused-ring (bicyclic) bond motifs is 2. The third-order valence-electron chi connectivity index (χ3n) is 4.28. The van der Waals surface area contributed by atoms with Gasteiger partial charge in [-0.15, -0.1) is 0 Å². The van der Waals surface area contributed by atoms with Gasteiger partial charge < -0.3 is 10.0 Å². The Morgan fingerprint density at radius 3 is 2.32 bits per heavy atom. The first-order chi connectivity index (χ1) is 9.13. The Bertz CT molecular complexity index is 502. The van der Waals surface area contributed by atoms with Gasteiger partial charge in [0.1, 0.15) is 0 Å². The summed E-state index contributed by atoms with van der Waals surface area (Å²) in [4.78, 5) is 13.3. The Hall–Kier alpha value is -1.77. The number of hydrogen-bond acceptors (Lipinski definition) is 2. The minimum atomic E-state index is -0.807. The molecule has 2 aliphatic heterocycles. The number of anilines is 1. The van der Waals surface area contributed by atoms with Gasteiger partial charge >= 0.3 is 5.97 Å². The van der Waals surface area contributed by atoms with Crippen molar-refractivity contribution >= 4 is 11.7 Å². The van der Waals surface area contributed by atoms with Gasteiger partial charge in [-0.25, -0.2) is 4.79 Å². The number of carboxylic acids is 1. The monoisotopic (exact) mass is 257 g/mol. The van der Waals surface area contributed by atoms with E-state index < -0.39 is 5.97 Å². The molecular formula is C16H19NO2. The summed E-state index contributed by atoms with van der Waals surface area (Å²) in [5.41, 5.74) is 3.66. The van der Waals surface area contributed by atoms with Crippen LogP contribution in [0.3, 0.4) is 0 Å². The van der Waals surface area contributed by atoms with E-state index in [9.17, 15) is 4.79 Å². The van der Waals surface area contributed by atoms with Gasteiger partial charge in [0.15, 0.2) is 0 Å². The molecule has 1 aromatic rings. The Morgan fingerprint density at radius 1 is 1.21 bits per heavy atom. The fourth-order valence-corrected chi connectivity index (χ4v) is 3.48. The molecule has 0 amide bonds. The lowest BCUT2D eigenvalue weighted by molar-refractivity contribution is -0.131. The maximum Gasteiger partial charge on any atom is 0.328 e. The van der Waals surface area contributed by atoms with Crippen molar-refractivity contribution in [3.63, 3.8) is 0 Å².